The summed E-state index contributed by atoms with van der Waals surface area (Å²) >= 11 is 0. The van der Waals surface area contributed by atoms with Crippen molar-refractivity contribution in [2.45, 2.75) is 102 Å². The summed E-state index contributed by atoms with van der Waals surface area (Å²) in [6.07, 6.45) is -4.25. The third kappa shape index (κ3) is 13.0. The van der Waals surface area contributed by atoms with Gasteiger partial charge in [0.05, 0.1) is 45.5 Å². The van der Waals surface area contributed by atoms with E-state index in [1.807, 2.05) is 20.2 Å². The van der Waals surface area contributed by atoms with E-state index in [1.54, 1.807) is 18.3 Å². The minimum atomic E-state index is -4.80. The molecule has 14 nitrogen and oxygen atoms in total. The second-order valence-electron chi connectivity index (χ2n) is 24.1. The molecular formula is C64H64F9N11O3. The van der Waals surface area contributed by atoms with Gasteiger partial charge in [-0.3, -0.25) is 4.98 Å². The standard InChI is InChI=1S/C64H64F9N11O3/c1-82-21-5-8-36(33-82)24-51-49-30-42(15-19-44(49)57(79-76-51)45-16-12-39(27-54(45)85)62(65,66)67)86-56-29-41(64(71,72)73)14-18-47(56)61-60-50(52(77-81-61)25-37-9-6-22-83(2)34-37)31-43(32-75-60)87-55-28-40(63(68,69)70)13-17-46(55)58-48-11-4-20-74-59(48)53(78-80-58)26-38-10-7-23-84(3)35-38/h4,11-14,16-18,20,27-29,31-32,36-38,42,85H,5-10,15,19,21-26,30,33-35H2,1-3H3/t36?,37?,38-,42?/m0/s1. The first-order chi connectivity index (χ1) is 41.6. The van der Waals surface area contributed by atoms with Crippen LogP contribution in [0.4, 0.5) is 39.5 Å². The maximum atomic E-state index is 14.8. The predicted octanol–water partition coefficient (Wildman–Crippen LogP) is 13.3. The lowest BCUT2D eigenvalue weighted by Gasteiger charge is -2.32. The van der Waals surface area contributed by atoms with Crippen LogP contribution in [0.1, 0.15) is 89.8 Å². The summed E-state index contributed by atoms with van der Waals surface area (Å²) in [5.74, 6) is -0.356. The number of piperidine rings is 3. The van der Waals surface area contributed by atoms with Gasteiger partial charge in [0.2, 0.25) is 0 Å². The highest BCUT2D eigenvalue weighted by Crippen LogP contribution is 2.46. The van der Waals surface area contributed by atoms with Crippen molar-refractivity contribution in [2.75, 3.05) is 60.4 Å². The van der Waals surface area contributed by atoms with Crippen molar-refractivity contribution in [1.82, 2.24) is 55.3 Å². The molecule has 3 unspecified atom stereocenters. The minimum absolute atomic E-state index is 0.0324. The summed E-state index contributed by atoms with van der Waals surface area (Å²) in [6, 6.07) is 14.1. The number of fused-ring (bicyclic) bond motifs is 3. The molecule has 3 fully saturated rings. The number of pyridine rings is 2. The first-order valence-corrected chi connectivity index (χ1v) is 29.5. The SMILES string of the molecule is CN1CCCC(Cc2nnc(-c3ccc(C(F)(F)F)cc3O)c3c2CC(Oc2cc(C(F)(F)F)ccc2-c2nnc(CC4CCCN(C)C4)c4cc(Oc5cc(C(F)(F)F)ccc5-c5nnc(C[C@@H]6CCCN(C)C6)c6ncccc56)cnc24)CC3)C1. The van der Waals surface area contributed by atoms with Gasteiger partial charge in [0.1, 0.15) is 51.7 Å². The van der Waals surface area contributed by atoms with E-state index in [4.69, 9.17) is 29.6 Å². The topological polar surface area (TPSA) is 152 Å². The van der Waals surface area contributed by atoms with Crippen LogP contribution in [0.2, 0.25) is 0 Å². The van der Waals surface area contributed by atoms with Crippen LogP contribution >= 0.6 is 0 Å². The quantitative estimate of drug-likeness (QED) is 0.109. The zero-order valence-corrected chi connectivity index (χ0v) is 48.2. The number of phenolic OH excluding ortho intramolecular Hbond substituents is 1. The first-order valence-electron chi connectivity index (χ1n) is 29.5. The third-order valence-electron chi connectivity index (χ3n) is 17.5. The van der Waals surface area contributed by atoms with E-state index in [-0.39, 0.29) is 87.6 Å². The van der Waals surface area contributed by atoms with E-state index >= 15 is 0 Å². The van der Waals surface area contributed by atoms with Crippen molar-refractivity contribution >= 4 is 21.8 Å². The maximum Gasteiger partial charge on any atom is 0.416 e. The number of benzene rings is 3. The molecule has 4 atom stereocenters. The van der Waals surface area contributed by atoms with Gasteiger partial charge in [-0.15, -0.1) is 15.3 Å². The van der Waals surface area contributed by atoms with E-state index in [2.05, 4.69) is 42.1 Å². The lowest BCUT2D eigenvalue weighted by Crippen LogP contribution is -2.34. The number of alkyl halides is 9. The molecule has 8 heterocycles. The zero-order valence-electron chi connectivity index (χ0n) is 48.2. The van der Waals surface area contributed by atoms with E-state index in [0.717, 1.165) is 114 Å². The molecule has 12 rings (SSSR count). The summed E-state index contributed by atoms with van der Waals surface area (Å²) in [5.41, 5.74) is 1.84. The van der Waals surface area contributed by atoms with Crippen LogP contribution in [0, 0.1) is 17.8 Å². The van der Waals surface area contributed by atoms with Gasteiger partial charge in [0.15, 0.2) is 0 Å². The van der Waals surface area contributed by atoms with Gasteiger partial charge in [0.25, 0.3) is 0 Å². The number of nitrogens with zero attached hydrogens (tertiary/aromatic N) is 11. The molecule has 0 saturated carbocycles. The van der Waals surface area contributed by atoms with Gasteiger partial charge in [-0.2, -0.15) is 54.8 Å². The molecule has 8 aromatic rings. The highest BCUT2D eigenvalue weighted by atomic mass is 19.4. The number of rotatable bonds is 13. The summed E-state index contributed by atoms with van der Waals surface area (Å²) < 4.78 is 143. The first kappa shape index (κ1) is 59.7. The van der Waals surface area contributed by atoms with Crippen LogP contribution in [-0.2, 0) is 50.6 Å². The molecule has 456 valence electrons. The van der Waals surface area contributed by atoms with Crippen LogP contribution in [0.25, 0.3) is 55.6 Å². The van der Waals surface area contributed by atoms with Gasteiger partial charge < -0.3 is 29.3 Å². The van der Waals surface area contributed by atoms with Gasteiger partial charge in [-0.1, -0.05) is 0 Å². The number of hydrogen-bond donors (Lipinski definition) is 1. The summed E-state index contributed by atoms with van der Waals surface area (Å²) in [6.45, 7) is 5.22. The fourth-order valence-electron chi connectivity index (χ4n) is 13.3. The molecule has 5 aromatic heterocycles. The van der Waals surface area contributed by atoms with Crippen molar-refractivity contribution in [3.63, 3.8) is 0 Å². The summed E-state index contributed by atoms with van der Waals surface area (Å²) in [5, 5.41) is 39.9. The Balaban J connectivity index is 0.933. The Hall–Kier alpha value is -7.63. The predicted molar refractivity (Wildman–Crippen MR) is 308 cm³/mol. The Bertz CT molecular complexity index is 3860. The van der Waals surface area contributed by atoms with Crippen molar-refractivity contribution in [3.05, 3.63) is 130 Å². The fourth-order valence-corrected chi connectivity index (χ4v) is 13.3. The molecule has 0 radical (unpaired) electrons. The molecule has 3 saturated heterocycles. The van der Waals surface area contributed by atoms with Gasteiger partial charge in [-0.25, -0.2) is 4.98 Å². The molecule has 23 heteroatoms. The molecular weight excluding hydrogens is 1140 g/mol. The Morgan fingerprint density at radius 2 is 1.05 bits per heavy atom. The number of phenols is 1. The van der Waals surface area contributed by atoms with Crippen LogP contribution in [0.3, 0.4) is 0 Å². The van der Waals surface area contributed by atoms with E-state index in [0.29, 0.717) is 75.7 Å². The highest BCUT2D eigenvalue weighted by Gasteiger charge is 2.37. The largest absolute Gasteiger partial charge is 0.507 e. The average Bonchev–Trinajstić information content (AvgIpc) is 1.20. The second-order valence-corrected chi connectivity index (χ2v) is 24.1. The monoisotopic (exact) mass is 1210 g/mol. The van der Waals surface area contributed by atoms with Gasteiger partial charge in [-0.05, 0) is 213 Å². The fraction of sp³-hybridized carbons (Fsp3) is 0.438. The van der Waals surface area contributed by atoms with E-state index in [9.17, 15) is 44.6 Å². The normalized spacial score (nSPS) is 20.2. The molecule has 0 bridgehead atoms. The number of aromatic hydroxyl groups is 1. The smallest absolute Gasteiger partial charge is 0.416 e. The van der Waals surface area contributed by atoms with Crippen LogP contribution in [-0.4, -0.2) is 127 Å². The number of likely N-dealkylation sites (tertiary alicyclic amines) is 3. The van der Waals surface area contributed by atoms with Crippen molar-refractivity contribution in [2.24, 2.45) is 17.8 Å². The van der Waals surface area contributed by atoms with E-state index in [1.165, 1.54) is 18.3 Å². The lowest BCUT2D eigenvalue weighted by molar-refractivity contribution is -0.138. The van der Waals surface area contributed by atoms with Crippen LogP contribution in [0.5, 0.6) is 23.0 Å². The molecule has 87 heavy (non-hydrogen) atoms. The minimum Gasteiger partial charge on any atom is -0.507 e. The molecule has 1 aliphatic carbocycles. The molecule has 1 N–H and O–H groups in total. The van der Waals surface area contributed by atoms with Crippen molar-refractivity contribution < 1.29 is 54.1 Å². The number of aromatic nitrogens is 8. The van der Waals surface area contributed by atoms with Crippen molar-refractivity contribution in [1.29, 1.82) is 0 Å². The molecule has 0 amide bonds. The molecule has 0 spiro atoms. The zero-order chi connectivity index (χ0) is 60.9. The van der Waals surface area contributed by atoms with E-state index < -0.39 is 47.1 Å². The number of halogens is 9. The van der Waals surface area contributed by atoms with Crippen LogP contribution in [0.15, 0.2) is 85.2 Å². The maximum absolute atomic E-state index is 14.8. The highest BCUT2D eigenvalue weighted by molar-refractivity contribution is 5.96. The average molecular weight is 1210 g/mol. The number of ether oxygens (including phenoxy) is 2. The van der Waals surface area contributed by atoms with Gasteiger partial charge >= 0.3 is 18.5 Å². The Kier molecular flexibility index (Phi) is 16.6. The molecule has 4 aliphatic rings. The Morgan fingerprint density at radius 1 is 0.517 bits per heavy atom. The Morgan fingerprint density at radius 3 is 1.66 bits per heavy atom. The summed E-state index contributed by atoms with van der Waals surface area (Å²) in [7, 11) is 6.13. The lowest BCUT2D eigenvalue weighted by atomic mass is 9.83. The Labute approximate surface area is 496 Å². The van der Waals surface area contributed by atoms with Crippen molar-refractivity contribution in [3.8, 4) is 56.8 Å². The number of hydrogen-bond acceptors (Lipinski definition) is 14. The summed E-state index contributed by atoms with van der Waals surface area (Å²) in [4.78, 5) is 16.3. The molecule has 3 aliphatic heterocycles. The van der Waals surface area contributed by atoms with Crippen LogP contribution < -0.4 is 9.47 Å². The second kappa shape index (κ2) is 24.2. The van der Waals surface area contributed by atoms with Gasteiger partial charge in [0, 0.05) is 59.7 Å². The third-order valence-corrected chi connectivity index (χ3v) is 17.5. The molecule has 3 aromatic carbocycles.